The van der Waals surface area contributed by atoms with Gasteiger partial charge < -0.3 is 4.74 Å². The third-order valence-electron chi connectivity index (χ3n) is 4.89. The van der Waals surface area contributed by atoms with Crippen LogP contribution < -0.4 is 0 Å². The maximum Gasteiger partial charge on any atom is 0.166 e. The van der Waals surface area contributed by atoms with Crippen LogP contribution in [-0.2, 0) is 14.3 Å². The summed E-state index contributed by atoms with van der Waals surface area (Å²) in [4.78, 5) is 24.7. The summed E-state index contributed by atoms with van der Waals surface area (Å²) < 4.78 is 5.76. The summed E-state index contributed by atoms with van der Waals surface area (Å²) in [5, 5.41) is 0. The van der Waals surface area contributed by atoms with Crippen LogP contribution >= 0.6 is 0 Å². The van der Waals surface area contributed by atoms with Gasteiger partial charge in [-0.3, -0.25) is 9.59 Å². The summed E-state index contributed by atoms with van der Waals surface area (Å²) in [6.45, 7) is 15.6. The Morgan fingerprint density at radius 3 is 1.80 bits per heavy atom. The van der Waals surface area contributed by atoms with Crippen LogP contribution in [0.5, 0.6) is 0 Å². The third kappa shape index (κ3) is 4.15. The SMILES string of the molecule is CCC(C)(OCC(=O)C(C)(CC)C(C)C)C(=O)C(C)C. The molecule has 3 heteroatoms. The second-order valence-electron chi connectivity index (χ2n) is 6.74. The van der Waals surface area contributed by atoms with Crippen molar-refractivity contribution < 1.29 is 14.3 Å². The highest BCUT2D eigenvalue weighted by atomic mass is 16.5. The summed E-state index contributed by atoms with van der Waals surface area (Å²) in [6, 6.07) is 0. The maximum absolute atomic E-state index is 12.5. The standard InChI is InChI=1S/C17H32O3/c1-9-16(7,13(5)6)14(18)11-20-17(8,10-2)15(19)12(3)4/h12-13H,9-11H2,1-8H3. The molecule has 0 aliphatic rings. The Kier molecular flexibility index (Phi) is 7.09. The van der Waals surface area contributed by atoms with E-state index in [1.807, 2.05) is 34.6 Å². The van der Waals surface area contributed by atoms with Gasteiger partial charge in [0, 0.05) is 11.3 Å². The van der Waals surface area contributed by atoms with Gasteiger partial charge in [-0.1, -0.05) is 48.5 Å². The molecule has 0 bridgehead atoms. The number of ketones is 2. The average molecular weight is 284 g/mol. The molecule has 0 saturated carbocycles. The van der Waals surface area contributed by atoms with Crippen molar-refractivity contribution in [1.82, 2.24) is 0 Å². The summed E-state index contributed by atoms with van der Waals surface area (Å²) in [7, 11) is 0. The van der Waals surface area contributed by atoms with Crippen LogP contribution in [0.2, 0.25) is 0 Å². The molecule has 2 atom stereocenters. The van der Waals surface area contributed by atoms with Crippen molar-refractivity contribution in [1.29, 1.82) is 0 Å². The fourth-order valence-corrected chi connectivity index (χ4v) is 2.28. The molecular weight excluding hydrogens is 252 g/mol. The van der Waals surface area contributed by atoms with Crippen molar-refractivity contribution in [3.05, 3.63) is 0 Å². The van der Waals surface area contributed by atoms with Gasteiger partial charge in [-0.25, -0.2) is 0 Å². The molecule has 0 aliphatic carbocycles. The highest BCUT2D eigenvalue weighted by Gasteiger charge is 2.38. The highest BCUT2D eigenvalue weighted by Crippen LogP contribution is 2.32. The molecular formula is C17H32O3. The van der Waals surface area contributed by atoms with Crippen molar-refractivity contribution in [2.24, 2.45) is 17.3 Å². The minimum absolute atomic E-state index is 0.0192. The number of carbonyl (C=O) groups is 2. The summed E-state index contributed by atoms with van der Waals surface area (Å²) in [6.07, 6.45) is 1.37. The number of Topliss-reactive ketones (excluding diaryl/α,β-unsaturated/α-hetero) is 2. The first-order chi connectivity index (χ1) is 9.05. The minimum atomic E-state index is -0.852. The fraction of sp³-hybridized carbons (Fsp3) is 0.882. The van der Waals surface area contributed by atoms with Crippen LogP contribution in [-0.4, -0.2) is 23.8 Å². The fourth-order valence-electron chi connectivity index (χ4n) is 2.28. The molecule has 0 N–H and O–H groups in total. The molecule has 0 aliphatic heterocycles. The van der Waals surface area contributed by atoms with E-state index >= 15 is 0 Å². The molecule has 0 radical (unpaired) electrons. The number of rotatable bonds is 9. The van der Waals surface area contributed by atoms with Gasteiger partial charge in [-0.15, -0.1) is 0 Å². The van der Waals surface area contributed by atoms with Crippen molar-refractivity contribution in [3.8, 4) is 0 Å². The van der Waals surface area contributed by atoms with Crippen molar-refractivity contribution in [2.45, 2.75) is 73.8 Å². The zero-order chi connectivity index (χ0) is 16.1. The predicted octanol–water partition coefficient (Wildman–Crippen LogP) is 4.04. The second kappa shape index (κ2) is 7.35. The molecule has 3 nitrogen and oxygen atoms in total. The molecule has 0 aromatic heterocycles. The van der Waals surface area contributed by atoms with Gasteiger partial charge in [0.15, 0.2) is 11.6 Å². The predicted molar refractivity (Wildman–Crippen MR) is 82.7 cm³/mol. The van der Waals surface area contributed by atoms with Crippen LogP contribution in [0.4, 0.5) is 0 Å². The van der Waals surface area contributed by atoms with Crippen LogP contribution in [0, 0.1) is 17.3 Å². The number of hydrogen-bond donors (Lipinski definition) is 0. The van der Waals surface area contributed by atoms with E-state index in [9.17, 15) is 9.59 Å². The van der Waals surface area contributed by atoms with Gasteiger partial charge in [-0.2, -0.15) is 0 Å². The van der Waals surface area contributed by atoms with Gasteiger partial charge in [0.1, 0.15) is 12.2 Å². The first kappa shape index (κ1) is 19.3. The van der Waals surface area contributed by atoms with Gasteiger partial charge in [-0.05, 0) is 25.7 Å². The summed E-state index contributed by atoms with van der Waals surface area (Å²) in [5.74, 6) is 0.330. The topological polar surface area (TPSA) is 43.4 Å². The molecule has 0 amide bonds. The number of hydrogen-bond acceptors (Lipinski definition) is 3. The van der Waals surface area contributed by atoms with E-state index in [0.717, 1.165) is 6.42 Å². The molecule has 0 saturated heterocycles. The van der Waals surface area contributed by atoms with Crippen LogP contribution in [0.15, 0.2) is 0 Å². The van der Waals surface area contributed by atoms with Gasteiger partial charge in [0.05, 0.1) is 0 Å². The molecule has 0 aromatic rings. The largest absolute Gasteiger partial charge is 0.360 e. The third-order valence-corrected chi connectivity index (χ3v) is 4.89. The lowest BCUT2D eigenvalue weighted by atomic mass is 9.73. The Morgan fingerprint density at radius 2 is 1.50 bits per heavy atom. The maximum atomic E-state index is 12.5. The molecule has 0 aromatic carbocycles. The molecule has 0 fully saturated rings. The van der Waals surface area contributed by atoms with Gasteiger partial charge >= 0.3 is 0 Å². The quantitative estimate of drug-likeness (QED) is 0.642. The molecule has 118 valence electrons. The highest BCUT2D eigenvalue weighted by molar-refractivity contribution is 5.90. The van der Waals surface area contributed by atoms with E-state index in [1.165, 1.54) is 0 Å². The Morgan fingerprint density at radius 1 is 1.00 bits per heavy atom. The Balaban J connectivity index is 4.90. The molecule has 0 rings (SSSR count). The van der Waals surface area contributed by atoms with E-state index in [1.54, 1.807) is 6.92 Å². The molecule has 0 heterocycles. The smallest absolute Gasteiger partial charge is 0.166 e. The average Bonchev–Trinajstić information content (AvgIpc) is 2.41. The lowest BCUT2D eigenvalue weighted by molar-refractivity contribution is -0.154. The van der Waals surface area contributed by atoms with E-state index < -0.39 is 5.60 Å². The molecule has 0 spiro atoms. The Labute approximate surface area is 124 Å². The minimum Gasteiger partial charge on any atom is -0.360 e. The van der Waals surface area contributed by atoms with Crippen LogP contribution in [0.1, 0.15) is 68.2 Å². The van der Waals surface area contributed by atoms with E-state index in [2.05, 4.69) is 13.8 Å². The van der Waals surface area contributed by atoms with E-state index in [0.29, 0.717) is 6.42 Å². The van der Waals surface area contributed by atoms with Crippen molar-refractivity contribution >= 4 is 11.6 Å². The molecule has 2 unspecified atom stereocenters. The van der Waals surface area contributed by atoms with Gasteiger partial charge in [0.2, 0.25) is 0 Å². The second-order valence-corrected chi connectivity index (χ2v) is 6.74. The summed E-state index contributed by atoms with van der Waals surface area (Å²) in [5.41, 5.74) is -1.23. The van der Waals surface area contributed by atoms with Crippen LogP contribution in [0.3, 0.4) is 0 Å². The lowest BCUT2D eigenvalue weighted by Crippen LogP contribution is -2.44. The first-order valence-electron chi connectivity index (χ1n) is 7.76. The zero-order valence-electron chi connectivity index (χ0n) is 14.5. The Bertz CT molecular complexity index is 346. The normalized spacial score (nSPS) is 17.9. The van der Waals surface area contributed by atoms with E-state index in [-0.39, 0.29) is 35.4 Å². The molecule has 20 heavy (non-hydrogen) atoms. The van der Waals surface area contributed by atoms with Gasteiger partial charge in [0.25, 0.3) is 0 Å². The van der Waals surface area contributed by atoms with E-state index in [4.69, 9.17) is 4.74 Å². The monoisotopic (exact) mass is 284 g/mol. The lowest BCUT2D eigenvalue weighted by Gasteiger charge is -2.34. The van der Waals surface area contributed by atoms with Crippen LogP contribution in [0.25, 0.3) is 0 Å². The van der Waals surface area contributed by atoms with Crippen molar-refractivity contribution in [2.75, 3.05) is 6.61 Å². The number of ether oxygens (including phenoxy) is 1. The van der Waals surface area contributed by atoms with Crippen molar-refractivity contribution in [3.63, 3.8) is 0 Å². The first-order valence-corrected chi connectivity index (χ1v) is 7.76. The Hall–Kier alpha value is -0.700. The number of carbonyl (C=O) groups excluding carboxylic acids is 2. The zero-order valence-corrected chi connectivity index (χ0v) is 14.5. The summed E-state index contributed by atoms with van der Waals surface area (Å²) >= 11 is 0.